The van der Waals surface area contributed by atoms with Crippen LogP contribution in [0.2, 0.25) is 10.0 Å². The van der Waals surface area contributed by atoms with Crippen LogP contribution in [0.1, 0.15) is 18.4 Å². The molecule has 158 valence electrons. The van der Waals surface area contributed by atoms with E-state index in [9.17, 15) is 13.2 Å². The topological polar surface area (TPSA) is 75.7 Å². The fourth-order valence-electron chi connectivity index (χ4n) is 2.66. The van der Waals surface area contributed by atoms with E-state index in [-0.39, 0.29) is 23.9 Å². The summed E-state index contributed by atoms with van der Waals surface area (Å²) in [6.07, 6.45) is 1.66. The largest absolute Gasteiger partial charge is 0.492 e. The third-order valence-corrected chi connectivity index (χ3v) is 5.97. The lowest BCUT2D eigenvalue weighted by Gasteiger charge is -2.22. The van der Waals surface area contributed by atoms with Gasteiger partial charge in [0.25, 0.3) is 0 Å². The smallest absolute Gasteiger partial charge is 0.232 e. The van der Waals surface area contributed by atoms with Crippen molar-refractivity contribution in [1.82, 2.24) is 5.32 Å². The Labute approximate surface area is 181 Å². The second kappa shape index (κ2) is 10.7. The van der Waals surface area contributed by atoms with Crippen LogP contribution in [-0.2, 0) is 14.8 Å². The number of benzene rings is 2. The van der Waals surface area contributed by atoms with E-state index in [4.69, 9.17) is 27.9 Å². The third-order valence-electron chi connectivity index (χ3n) is 4.04. The number of carbonyl (C=O) groups excluding carboxylic acids is 1. The van der Waals surface area contributed by atoms with Gasteiger partial charge in [-0.15, -0.1) is 0 Å². The minimum absolute atomic E-state index is 0.157. The maximum absolute atomic E-state index is 12.1. The second-order valence-electron chi connectivity index (χ2n) is 6.55. The van der Waals surface area contributed by atoms with E-state index in [0.717, 1.165) is 17.6 Å². The molecule has 1 amide bonds. The van der Waals surface area contributed by atoms with Crippen molar-refractivity contribution in [2.24, 2.45) is 0 Å². The van der Waals surface area contributed by atoms with Gasteiger partial charge < -0.3 is 10.1 Å². The van der Waals surface area contributed by atoms with Gasteiger partial charge in [0.2, 0.25) is 15.9 Å². The predicted octanol–water partition coefficient (Wildman–Crippen LogP) is 4.04. The molecule has 29 heavy (non-hydrogen) atoms. The molecule has 0 bridgehead atoms. The molecule has 0 saturated carbocycles. The van der Waals surface area contributed by atoms with Crippen molar-refractivity contribution in [3.63, 3.8) is 0 Å². The van der Waals surface area contributed by atoms with Gasteiger partial charge in [-0.05, 0) is 49.2 Å². The monoisotopic (exact) mass is 458 g/mol. The van der Waals surface area contributed by atoms with E-state index >= 15 is 0 Å². The highest BCUT2D eigenvalue weighted by Crippen LogP contribution is 2.28. The van der Waals surface area contributed by atoms with Gasteiger partial charge in [0.1, 0.15) is 12.4 Å². The highest BCUT2D eigenvalue weighted by molar-refractivity contribution is 7.92. The Hall–Kier alpha value is -1.96. The summed E-state index contributed by atoms with van der Waals surface area (Å²) >= 11 is 11.9. The van der Waals surface area contributed by atoms with Crippen molar-refractivity contribution in [3.05, 3.63) is 58.1 Å². The minimum Gasteiger partial charge on any atom is -0.492 e. The Morgan fingerprint density at radius 2 is 1.90 bits per heavy atom. The van der Waals surface area contributed by atoms with E-state index in [1.54, 1.807) is 12.1 Å². The van der Waals surface area contributed by atoms with Crippen molar-refractivity contribution in [2.45, 2.75) is 19.8 Å². The highest BCUT2D eigenvalue weighted by Gasteiger charge is 2.18. The lowest BCUT2D eigenvalue weighted by atomic mass is 10.2. The molecule has 2 aromatic carbocycles. The average molecular weight is 459 g/mol. The van der Waals surface area contributed by atoms with Gasteiger partial charge in [0.15, 0.2) is 0 Å². The zero-order chi connectivity index (χ0) is 21.4. The van der Waals surface area contributed by atoms with Crippen molar-refractivity contribution < 1.29 is 17.9 Å². The lowest BCUT2D eigenvalue weighted by Crippen LogP contribution is -2.32. The first-order chi connectivity index (χ1) is 13.7. The molecule has 2 aromatic rings. The van der Waals surface area contributed by atoms with Crippen molar-refractivity contribution in [1.29, 1.82) is 0 Å². The summed E-state index contributed by atoms with van der Waals surface area (Å²) in [4.78, 5) is 12.0. The number of anilines is 1. The van der Waals surface area contributed by atoms with Crippen LogP contribution in [0.3, 0.4) is 0 Å². The molecule has 0 fully saturated rings. The van der Waals surface area contributed by atoms with Crippen LogP contribution in [0.5, 0.6) is 5.75 Å². The summed E-state index contributed by atoms with van der Waals surface area (Å²) in [6, 6.07) is 12.3. The molecule has 0 aromatic heterocycles. The number of rotatable bonds is 10. The van der Waals surface area contributed by atoms with Crippen LogP contribution in [0, 0.1) is 6.92 Å². The Balaban J connectivity index is 1.78. The molecule has 0 atom stereocenters. The van der Waals surface area contributed by atoms with E-state index in [1.165, 1.54) is 10.4 Å². The third kappa shape index (κ3) is 7.76. The molecule has 1 N–H and O–H groups in total. The molecule has 0 spiro atoms. The zero-order valence-electron chi connectivity index (χ0n) is 16.3. The first-order valence-corrected chi connectivity index (χ1v) is 11.7. The Bertz CT molecular complexity index is 951. The molecule has 2 rings (SSSR count). The molecule has 0 aliphatic heterocycles. The van der Waals surface area contributed by atoms with Gasteiger partial charge in [-0.2, -0.15) is 0 Å². The molecule has 0 aliphatic carbocycles. The zero-order valence-corrected chi connectivity index (χ0v) is 18.6. The molecular weight excluding hydrogens is 435 g/mol. The van der Waals surface area contributed by atoms with Gasteiger partial charge in [-0.25, -0.2) is 8.42 Å². The van der Waals surface area contributed by atoms with E-state index < -0.39 is 10.0 Å². The van der Waals surface area contributed by atoms with E-state index in [1.807, 2.05) is 31.2 Å². The van der Waals surface area contributed by atoms with E-state index in [0.29, 0.717) is 30.3 Å². The van der Waals surface area contributed by atoms with Crippen LogP contribution in [0.15, 0.2) is 42.5 Å². The quantitative estimate of drug-likeness (QED) is 0.544. The number of aryl methyl sites for hydroxylation is 1. The minimum atomic E-state index is -3.52. The number of sulfonamides is 1. The number of hydrogen-bond acceptors (Lipinski definition) is 4. The molecule has 9 heteroatoms. The van der Waals surface area contributed by atoms with Crippen LogP contribution < -0.4 is 14.4 Å². The first kappa shape index (κ1) is 23.3. The van der Waals surface area contributed by atoms with Crippen LogP contribution in [0.25, 0.3) is 0 Å². The van der Waals surface area contributed by atoms with Crippen molar-refractivity contribution in [3.8, 4) is 5.75 Å². The molecule has 6 nitrogen and oxygen atoms in total. The van der Waals surface area contributed by atoms with Gasteiger partial charge in [-0.1, -0.05) is 35.3 Å². The fourth-order valence-corrected chi connectivity index (χ4v) is 3.91. The summed E-state index contributed by atoms with van der Waals surface area (Å²) in [5.41, 5.74) is 1.51. The molecule has 0 aliphatic rings. The number of nitrogens with one attached hydrogen (secondary N) is 1. The Morgan fingerprint density at radius 1 is 1.14 bits per heavy atom. The number of amides is 1. The Morgan fingerprint density at radius 3 is 2.55 bits per heavy atom. The molecule has 0 saturated heterocycles. The predicted molar refractivity (Wildman–Crippen MR) is 118 cm³/mol. The van der Waals surface area contributed by atoms with Gasteiger partial charge >= 0.3 is 0 Å². The Kier molecular flexibility index (Phi) is 8.61. The number of halogens is 2. The summed E-state index contributed by atoms with van der Waals surface area (Å²) in [5, 5.41) is 3.38. The summed E-state index contributed by atoms with van der Waals surface area (Å²) < 4.78 is 31.0. The summed E-state index contributed by atoms with van der Waals surface area (Å²) in [7, 11) is -3.52. The number of nitrogens with zero attached hydrogens (tertiary/aromatic N) is 1. The van der Waals surface area contributed by atoms with Gasteiger partial charge in [-0.3, -0.25) is 9.10 Å². The standard InChI is InChI=1S/C20H24Cl2N2O4S/c1-15-5-3-6-17(13-15)28-12-10-23-20(25)7-4-11-24(29(2,26)27)16-8-9-18(21)19(22)14-16/h3,5-6,8-9,13-14H,4,7,10-12H2,1-2H3,(H,23,25). The van der Waals surface area contributed by atoms with Crippen LogP contribution in [-0.4, -0.2) is 40.3 Å². The summed E-state index contributed by atoms with van der Waals surface area (Å²) in [5.74, 6) is 0.588. The van der Waals surface area contributed by atoms with Gasteiger partial charge in [0, 0.05) is 13.0 Å². The second-order valence-corrected chi connectivity index (χ2v) is 9.27. The van der Waals surface area contributed by atoms with E-state index in [2.05, 4.69) is 5.32 Å². The number of hydrogen-bond donors (Lipinski definition) is 1. The molecule has 0 unspecified atom stereocenters. The SMILES string of the molecule is Cc1cccc(OCCNC(=O)CCCN(c2ccc(Cl)c(Cl)c2)S(C)(=O)=O)c1. The number of carbonyl (C=O) groups is 1. The highest BCUT2D eigenvalue weighted by atomic mass is 35.5. The molecule has 0 radical (unpaired) electrons. The summed E-state index contributed by atoms with van der Waals surface area (Å²) in [6.45, 7) is 2.86. The number of ether oxygens (including phenoxy) is 1. The maximum atomic E-state index is 12.1. The normalized spacial score (nSPS) is 11.2. The van der Waals surface area contributed by atoms with Crippen LogP contribution >= 0.6 is 23.2 Å². The van der Waals surface area contributed by atoms with Crippen LogP contribution in [0.4, 0.5) is 5.69 Å². The van der Waals surface area contributed by atoms with Gasteiger partial charge in [0.05, 0.1) is 28.5 Å². The maximum Gasteiger partial charge on any atom is 0.232 e. The fraction of sp³-hybridized carbons (Fsp3) is 0.350. The lowest BCUT2D eigenvalue weighted by molar-refractivity contribution is -0.121. The van der Waals surface area contributed by atoms with Crippen molar-refractivity contribution in [2.75, 3.05) is 30.3 Å². The first-order valence-electron chi connectivity index (χ1n) is 9.06. The molecular formula is C20H24Cl2N2O4S. The van der Waals surface area contributed by atoms with Crippen molar-refractivity contribution >= 4 is 44.8 Å². The molecule has 0 heterocycles. The average Bonchev–Trinajstić information content (AvgIpc) is 2.64.